The van der Waals surface area contributed by atoms with Crippen LogP contribution in [0.1, 0.15) is 24.9 Å². The SMILES string of the molecule is CCNC(=NCc1nccn1C(F)F)NCCc1ccc(OC)c(OC)c1. The Bertz CT molecular complexity index is 749. The second kappa shape index (κ2) is 10.3. The molecule has 1 aromatic carbocycles. The van der Waals surface area contributed by atoms with Crippen LogP contribution in [-0.2, 0) is 13.0 Å². The first kappa shape index (κ1) is 20.5. The van der Waals surface area contributed by atoms with Crippen molar-refractivity contribution in [2.45, 2.75) is 26.4 Å². The van der Waals surface area contributed by atoms with Crippen molar-refractivity contribution in [3.8, 4) is 11.5 Å². The number of rotatable bonds is 9. The summed E-state index contributed by atoms with van der Waals surface area (Å²) in [5.41, 5.74) is 1.07. The molecular formula is C18H25F2N5O2. The largest absolute Gasteiger partial charge is 0.493 e. The first-order chi connectivity index (χ1) is 13.1. The van der Waals surface area contributed by atoms with Crippen LogP contribution in [0.15, 0.2) is 35.6 Å². The molecule has 2 rings (SSSR count). The van der Waals surface area contributed by atoms with E-state index in [1.165, 1.54) is 12.4 Å². The quantitative estimate of drug-likeness (QED) is 0.516. The molecule has 0 amide bonds. The highest BCUT2D eigenvalue weighted by Crippen LogP contribution is 2.27. The maximum atomic E-state index is 12.9. The van der Waals surface area contributed by atoms with Crippen molar-refractivity contribution in [3.05, 3.63) is 42.0 Å². The van der Waals surface area contributed by atoms with Gasteiger partial charge in [0.05, 0.1) is 14.2 Å². The van der Waals surface area contributed by atoms with E-state index in [4.69, 9.17) is 9.47 Å². The summed E-state index contributed by atoms with van der Waals surface area (Å²) in [5.74, 6) is 2.11. The number of hydrogen-bond acceptors (Lipinski definition) is 4. The zero-order valence-electron chi connectivity index (χ0n) is 15.7. The van der Waals surface area contributed by atoms with Crippen molar-refractivity contribution in [1.82, 2.24) is 20.2 Å². The van der Waals surface area contributed by atoms with Crippen molar-refractivity contribution in [3.63, 3.8) is 0 Å². The first-order valence-corrected chi connectivity index (χ1v) is 8.62. The third-order valence-electron chi connectivity index (χ3n) is 3.84. The Balaban J connectivity index is 1.95. The minimum atomic E-state index is -2.63. The number of aliphatic imine (C=N–C) groups is 1. The molecule has 148 valence electrons. The Kier molecular flexibility index (Phi) is 7.84. The number of nitrogens with zero attached hydrogens (tertiary/aromatic N) is 3. The topological polar surface area (TPSA) is 72.7 Å². The molecule has 2 N–H and O–H groups in total. The number of benzene rings is 1. The molecule has 2 aromatic rings. The van der Waals surface area contributed by atoms with Gasteiger partial charge in [-0.05, 0) is 31.0 Å². The summed E-state index contributed by atoms with van der Waals surface area (Å²) in [4.78, 5) is 8.25. The highest BCUT2D eigenvalue weighted by molar-refractivity contribution is 5.79. The third kappa shape index (κ3) is 5.83. The van der Waals surface area contributed by atoms with Crippen LogP contribution in [0.25, 0.3) is 0 Å². The molecule has 0 fully saturated rings. The minimum absolute atomic E-state index is 0.0586. The molecular weight excluding hydrogens is 356 g/mol. The van der Waals surface area contributed by atoms with Crippen LogP contribution in [0, 0.1) is 0 Å². The number of ether oxygens (including phenoxy) is 2. The molecule has 0 spiro atoms. The van der Waals surface area contributed by atoms with Gasteiger partial charge in [-0.1, -0.05) is 6.07 Å². The number of alkyl halides is 2. The lowest BCUT2D eigenvalue weighted by molar-refractivity contribution is 0.0671. The van der Waals surface area contributed by atoms with Gasteiger partial charge in [0.25, 0.3) is 0 Å². The number of aromatic nitrogens is 2. The van der Waals surface area contributed by atoms with E-state index in [-0.39, 0.29) is 12.4 Å². The summed E-state index contributed by atoms with van der Waals surface area (Å²) in [5, 5.41) is 6.28. The first-order valence-electron chi connectivity index (χ1n) is 8.62. The van der Waals surface area contributed by atoms with Gasteiger partial charge in [0.15, 0.2) is 17.5 Å². The second-order valence-corrected chi connectivity index (χ2v) is 5.59. The lowest BCUT2D eigenvalue weighted by Crippen LogP contribution is -2.38. The van der Waals surface area contributed by atoms with Crippen LogP contribution in [0.3, 0.4) is 0 Å². The maximum Gasteiger partial charge on any atom is 0.319 e. The smallest absolute Gasteiger partial charge is 0.319 e. The van der Waals surface area contributed by atoms with Gasteiger partial charge < -0.3 is 20.1 Å². The molecule has 7 nitrogen and oxygen atoms in total. The maximum absolute atomic E-state index is 12.9. The monoisotopic (exact) mass is 381 g/mol. The second-order valence-electron chi connectivity index (χ2n) is 5.59. The van der Waals surface area contributed by atoms with Crippen LogP contribution >= 0.6 is 0 Å². The van der Waals surface area contributed by atoms with Crippen LogP contribution in [-0.4, -0.2) is 42.8 Å². The molecule has 0 aliphatic rings. The highest BCUT2D eigenvalue weighted by atomic mass is 19.3. The van der Waals surface area contributed by atoms with Gasteiger partial charge in [-0.3, -0.25) is 4.57 Å². The summed E-state index contributed by atoms with van der Waals surface area (Å²) in [7, 11) is 3.19. The van der Waals surface area contributed by atoms with Gasteiger partial charge in [0.1, 0.15) is 12.4 Å². The van der Waals surface area contributed by atoms with Crippen molar-refractivity contribution >= 4 is 5.96 Å². The van der Waals surface area contributed by atoms with Gasteiger partial charge in [-0.25, -0.2) is 9.98 Å². The number of guanidine groups is 1. The van der Waals surface area contributed by atoms with Gasteiger partial charge in [-0.2, -0.15) is 8.78 Å². The van der Waals surface area contributed by atoms with E-state index in [1.54, 1.807) is 14.2 Å². The molecule has 0 aliphatic heterocycles. The zero-order valence-corrected chi connectivity index (χ0v) is 15.7. The molecule has 1 aromatic heterocycles. The Hall–Kier alpha value is -2.84. The zero-order chi connectivity index (χ0) is 19.6. The Labute approximate surface area is 157 Å². The van der Waals surface area contributed by atoms with Crippen molar-refractivity contribution in [2.24, 2.45) is 4.99 Å². The number of hydrogen-bond donors (Lipinski definition) is 2. The van der Waals surface area contributed by atoms with Crippen molar-refractivity contribution in [2.75, 3.05) is 27.3 Å². The summed E-state index contributed by atoms with van der Waals surface area (Å²) < 4.78 is 37.1. The lowest BCUT2D eigenvalue weighted by Gasteiger charge is -2.13. The van der Waals surface area contributed by atoms with Gasteiger partial charge in [0.2, 0.25) is 0 Å². The average Bonchev–Trinajstić information content (AvgIpc) is 3.15. The molecule has 0 aliphatic carbocycles. The summed E-state index contributed by atoms with van der Waals surface area (Å²) >= 11 is 0. The molecule has 0 atom stereocenters. The Morgan fingerprint density at radius 2 is 2.00 bits per heavy atom. The third-order valence-corrected chi connectivity index (χ3v) is 3.84. The van der Waals surface area contributed by atoms with E-state index in [2.05, 4.69) is 20.6 Å². The Morgan fingerprint density at radius 3 is 2.67 bits per heavy atom. The van der Waals surface area contributed by atoms with E-state index in [0.29, 0.717) is 30.5 Å². The predicted octanol–water partition coefficient (Wildman–Crippen LogP) is 2.59. The van der Waals surface area contributed by atoms with Crippen molar-refractivity contribution < 1.29 is 18.3 Å². The molecule has 0 saturated carbocycles. The van der Waals surface area contributed by atoms with Crippen LogP contribution in [0.4, 0.5) is 8.78 Å². The standard InChI is InChI=1S/C18H25F2N5O2/c1-4-21-18(24-12-16-22-9-10-25(16)17(19)20)23-8-7-13-5-6-14(26-2)15(11-13)27-3/h5-6,9-11,17H,4,7-8,12H2,1-3H3,(H2,21,23,24). The summed E-state index contributed by atoms with van der Waals surface area (Å²) in [6.45, 7) is 0.642. The van der Waals surface area contributed by atoms with Crippen molar-refractivity contribution in [1.29, 1.82) is 0 Å². The fraction of sp³-hybridized carbons (Fsp3) is 0.444. The molecule has 0 radical (unpaired) electrons. The number of methoxy groups -OCH3 is 2. The predicted molar refractivity (Wildman–Crippen MR) is 99.5 cm³/mol. The molecule has 9 heteroatoms. The van der Waals surface area contributed by atoms with Crippen LogP contribution < -0.4 is 20.1 Å². The summed E-state index contributed by atoms with van der Waals surface area (Å²) in [6, 6.07) is 5.74. The Morgan fingerprint density at radius 1 is 1.22 bits per heavy atom. The normalized spacial score (nSPS) is 11.6. The van der Waals surface area contributed by atoms with E-state index in [1.807, 2.05) is 25.1 Å². The molecule has 27 heavy (non-hydrogen) atoms. The van der Waals surface area contributed by atoms with Gasteiger partial charge in [0, 0.05) is 25.5 Å². The van der Waals surface area contributed by atoms with E-state index >= 15 is 0 Å². The fourth-order valence-corrected chi connectivity index (χ4v) is 2.50. The molecule has 0 unspecified atom stereocenters. The highest BCUT2D eigenvalue weighted by Gasteiger charge is 2.11. The van der Waals surface area contributed by atoms with E-state index < -0.39 is 6.55 Å². The van der Waals surface area contributed by atoms with Crippen LogP contribution in [0.5, 0.6) is 11.5 Å². The minimum Gasteiger partial charge on any atom is -0.493 e. The van der Waals surface area contributed by atoms with E-state index in [0.717, 1.165) is 16.6 Å². The number of halogens is 2. The summed E-state index contributed by atoms with van der Waals surface area (Å²) in [6.07, 6.45) is 3.32. The number of imidazole rings is 1. The van der Waals surface area contributed by atoms with Gasteiger partial charge >= 0.3 is 6.55 Å². The molecule has 1 heterocycles. The lowest BCUT2D eigenvalue weighted by atomic mass is 10.1. The fourth-order valence-electron chi connectivity index (χ4n) is 2.50. The number of nitrogens with one attached hydrogen (secondary N) is 2. The van der Waals surface area contributed by atoms with Crippen LogP contribution in [0.2, 0.25) is 0 Å². The average molecular weight is 381 g/mol. The molecule has 0 saturated heterocycles. The van der Waals surface area contributed by atoms with E-state index in [9.17, 15) is 8.78 Å². The van der Waals surface area contributed by atoms with Gasteiger partial charge in [-0.15, -0.1) is 0 Å². The molecule has 0 bridgehead atoms.